The number of hydrogen-bond acceptors (Lipinski definition) is 6. The first kappa shape index (κ1) is 24.3. The quantitative estimate of drug-likeness (QED) is 0.491. The van der Waals surface area contributed by atoms with Gasteiger partial charge in [-0.25, -0.2) is 14.8 Å². The van der Waals surface area contributed by atoms with Gasteiger partial charge in [0.05, 0.1) is 24.8 Å². The van der Waals surface area contributed by atoms with E-state index in [1.54, 1.807) is 34.0 Å². The van der Waals surface area contributed by atoms with Crippen molar-refractivity contribution in [2.45, 2.75) is 25.2 Å². The number of carboxylic acid groups (broad SMARTS) is 1. The van der Waals surface area contributed by atoms with E-state index in [4.69, 9.17) is 0 Å². The van der Waals surface area contributed by atoms with E-state index in [1.165, 1.54) is 22.0 Å². The first-order valence-electron chi connectivity index (χ1n) is 11.9. The Kier molecular flexibility index (Phi) is 6.30. The van der Waals surface area contributed by atoms with E-state index in [2.05, 4.69) is 11.7 Å². The lowest BCUT2D eigenvalue weighted by molar-refractivity contribution is -0.192. The van der Waals surface area contributed by atoms with Gasteiger partial charge in [-0.15, -0.1) is 6.58 Å². The molecule has 0 saturated carbocycles. The lowest BCUT2D eigenvalue weighted by atomic mass is 9.98. The van der Waals surface area contributed by atoms with Crippen molar-refractivity contribution in [3.05, 3.63) is 72.4 Å². The summed E-state index contributed by atoms with van der Waals surface area (Å²) in [6.45, 7) is 3.95. The van der Waals surface area contributed by atoms with Crippen LogP contribution < -0.4 is 0 Å². The second-order valence-electron chi connectivity index (χ2n) is 9.27. The molecule has 2 atom stereocenters. The number of rotatable bonds is 6. The average molecular weight is 505 g/mol. The predicted molar refractivity (Wildman–Crippen MR) is 134 cm³/mol. The third-order valence-electron chi connectivity index (χ3n) is 6.97. The molecule has 192 valence electrons. The molecule has 3 amide bonds. The summed E-state index contributed by atoms with van der Waals surface area (Å²) in [6.07, 6.45) is 1.37. The molecule has 0 aliphatic carbocycles. The fourth-order valence-electron chi connectivity index (χ4n) is 5.26. The van der Waals surface area contributed by atoms with Crippen molar-refractivity contribution in [1.29, 1.82) is 0 Å². The molecule has 11 heteroatoms. The Hall–Kier alpha value is -4.38. The molecule has 0 radical (unpaired) electrons. The van der Waals surface area contributed by atoms with Crippen molar-refractivity contribution in [2.75, 3.05) is 19.6 Å². The molecule has 3 heterocycles. The van der Waals surface area contributed by atoms with Gasteiger partial charge < -0.3 is 20.0 Å². The minimum Gasteiger partial charge on any atom is -0.508 e. The molecule has 0 bridgehead atoms. The summed E-state index contributed by atoms with van der Waals surface area (Å²) in [5.74, 6) is -0.495. The number of piperazine rings is 1. The summed E-state index contributed by atoms with van der Waals surface area (Å²) in [5.41, 5.74) is 2.54. The van der Waals surface area contributed by atoms with E-state index in [-0.39, 0.29) is 50.2 Å². The highest BCUT2D eigenvalue weighted by molar-refractivity contribution is 5.92. The van der Waals surface area contributed by atoms with Crippen molar-refractivity contribution in [2.24, 2.45) is 7.05 Å². The van der Waals surface area contributed by atoms with Gasteiger partial charge in [0.25, 0.3) is 0 Å². The van der Waals surface area contributed by atoms with Gasteiger partial charge in [-0.1, -0.05) is 30.3 Å². The Balaban J connectivity index is 1.54. The third kappa shape index (κ3) is 4.38. The van der Waals surface area contributed by atoms with Crippen molar-refractivity contribution >= 4 is 28.8 Å². The fourth-order valence-corrected chi connectivity index (χ4v) is 5.26. The van der Waals surface area contributed by atoms with Crippen molar-refractivity contribution in [3.8, 4) is 5.75 Å². The van der Waals surface area contributed by atoms with Crippen LogP contribution in [0.25, 0.3) is 10.9 Å². The molecule has 37 heavy (non-hydrogen) atoms. The summed E-state index contributed by atoms with van der Waals surface area (Å²) in [5, 5.41) is 27.6. The van der Waals surface area contributed by atoms with Crippen LogP contribution in [0.1, 0.15) is 11.1 Å². The Labute approximate surface area is 213 Å². The summed E-state index contributed by atoms with van der Waals surface area (Å²) in [4.78, 5) is 42.7. The number of carbonyl (C=O) groups excluding carboxylic acids is 2. The summed E-state index contributed by atoms with van der Waals surface area (Å²) >= 11 is 0. The maximum absolute atomic E-state index is 13.9. The normalized spacial score (nSPS) is 20.4. The van der Waals surface area contributed by atoms with Crippen LogP contribution >= 0.6 is 0 Å². The van der Waals surface area contributed by atoms with Crippen LogP contribution in [-0.2, 0) is 29.6 Å². The first-order chi connectivity index (χ1) is 17.8. The van der Waals surface area contributed by atoms with Crippen molar-refractivity contribution in [1.82, 2.24) is 29.6 Å². The zero-order valence-electron chi connectivity index (χ0n) is 20.4. The number of aryl methyl sites for hydroxylation is 1. The highest BCUT2D eigenvalue weighted by Gasteiger charge is 2.51. The van der Waals surface area contributed by atoms with Gasteiger partial charge in [0, 0.05) is 31.9 Å². The molecule has 2 aliphatic heterocycles. The number of amides is 3. The van der Waals surface area contributed by atoms with Crippen LogP contribution in [0, 0.1) is 0 Å². The van der Waals surface area contributed by atoms with Crippen LogP contribution in [0.4, 0.5) is 4.79 Å². The largest absolute Gasteiger partial charge is 0.508 e. The van der Waals surface area contributed by atoms with Gasteiger partial charge in [-0.2, -0.15) is 5.10 Å². The van der Waals surface area contributed by atoms with Crippen LogP contribution in [0.5, 0.6) is 5.75 Å². The SMILES string of the molecule is C=CCN1CC(=O)N2C(Cc3ccc(O)cc3)C(=O)N(Cc3cccc4c3cnn4C)CC2N1C(=O)O. The van der Waals surface area contributed by atoms with Gasteiger partial charge >= 0.3 is 6.09 Å². The minimum atomic E-state index is -1.21. The molecular formula is C26H28N6O5. The van der Waals surface area contributed by atoms with Crippen LogP contribution in [0.2, 0.25) is 0 Å². The monoisotopic (exact) mass is 504 g/mol. The molecule has 2 saturated heterocycles. The zero-order valence-corrected chi connectivity index (χ0v) is 20.4. The van der Waals surface area contributed by atoms with E-state index < -0.39 is 18.3 Å². The van der Waals surface area contributed by atoms with E-state index >= 15 is 0 Å². The van der Waals surface area contributed by atoms with Crippen molar-refractivity contribution < 1.29 is 24.6 Å². The van der Waals surface area contributed by atoms with Gasteiger partial charge in [0.2, 0.25) is 11.8 Å². The number of carbonyl (C=O) groups is 3. The number of aromatic nitrogens is 2. The van der Waals surface area contributed by atoms with E-state index in [0.29, 0.717) is 0 Å². The van der Waals surface area contributed by atoms with Gasteiger partial charge in [0.1, 0.15) is 18.0 Å². The van der Waals surface area contributed by atoms with Crippen LogP contribution in [0.15, 0.2) is 61.3 Å². The number of phenolic OH excluding ortho intramolecular Hbond substituents is 1. The Morgan fingerprint density at radius 2 is 1.95 bits per heavy atom. The van der Waals surface area contributed by atoms with Crippen LogP contribution in [0.3, 0.4) is 0 Å². The molecule has 2 fully saturated rings. The second kappa shape index (κ2) is 9.58. The molecule has 2 aromatic carbocycles. The number of fused-ring (bicyclic) bond motifs is 2. The molecule has 11 nitrogen and oxygen atoms in total. The van der Waals surface area contributed by atoms with E-state index in [0.717, 1.165) is 27.0 Å². The summed E-state index contributed by atoms with van der Waals surface area (Å²) in [7, 11) is 1.84. The van der Waals surface area contributed by atoms with Crippen LogP contribution in [-0.4, -0.2) is 89.6 Å². The smallest absolute Gasteiger partial charge is 0.424 e. The zero-order chi connectivity index (χ0) is 26.3. The Bertz CT molecular complexity index is 1370. The topological polar surface area (TPSA) is 122 Å². The maximum atomic E-state index is 13.9. The fraction of sp³-hybridized carbons (Fsp3) is 0.308. The summed E-state index contributed by atoms with van der Waals surface area (Å²) in [6, 6.07) is 11.3. The number of benzene rings is 2. The molecule has 0 spiro atoms. The molecule has 2 N–H and O–H groups in total. The minimum absolute atomic E-state index is 0.0211. The highest BCUT2D eigenvalue weighted by Crippen LogP contribution is 2.30. The molecule has 5 rings (SSSR count). The van der Waals surface area contributed by atoms with E-state index in [1.807, 2.05) is 25.2 Å². The first-order valence-corrected chi connectivity index (χ1v) is 11.9. The van der Waals surface area contributed by atoms with Crippen molar-refractivity contribution in [3.63, 3.8) is 0 Å². The number of phenols is 1. The molecular weight excluding hydrogens is 476 g/mol. The Morgan fingerprint density at radius 3 is 2.65 bits per heavy atom. The highest BCUT2D eigenvalue weighted by atomic mass is 16.4. The second-order valence-corrected chi connectivity index (χ2v) is 9.27. The summed E-state index contributed by atoms with van der Waals surface area (Å²) < 4.78 is 1.76. The number of aromatic hydroxyl groups is 1. The van der Waals surface area contributed by atoms with E-state index in [9.17, 15) is 24.6 Å². The standard InChI is InChI=1S/C26H28N6O5/c1-3-11-30-16-24(34)31-22(12-17-7-9-19(33)10-8-17)25(35)29(15-23(31)32(30)26(36)37)14-18-5-4-6-21-20(18)13-27-28(21)2/h3-10,13,22-23,33H,1,11-12,14-16H2,2H3,(H,36,37). The number of hydrogen-bond donors (Lipinski definition) is 2. The van der Waals surface area contributed by atoms with Gasteiger partial charge in [0.15, 0.2) is 0 Å². The lowest BCUT2D eigenvalue weighted by Crippen LogP contribution is -2.75. The predicted octanol–water partition coefficient (Wildman–Crippen LogP) is 1.78. The third-order valence-corrected chi connectivity index (χ3v) is 6.97. The maximum Gasteiger partial charge on any atom is 0.424 e. The molecule has 2 unspecified atom stereocenters. The number of hydrazine groups is 1. The Morgan fingerprint density at radius 1 is 1.19 bits per heavy atom. The lowest BCUT2D eigenvalue weighted by Gasteiger charge is -2.54. The molecule has 3 aromatic rings. The van der Waals surface area contributed by atoms with Gasteiger partial charge in [-0.3, -0.25) is 14.3 Å². The number of nitrogens with zero attached hydrogens (tertiary/aromatic N) is 6. The molecule has 1 aromatic heterocycles. The molecule has 2 aliphatic rings. The van der Waals surface area contributed by atoms with Gasteiger partial charge in [-0.05, 0) is 29.3 Å². The average Bonchev–Trinajstić information content (AvgIpc) is 3.24.